The van der Waals surface area contributed by atoms with Gasteiger partial charge in [0, 0.05) is 45.9 Å². The Morgan fingerprint density at radius 2 is 1.70 bits per heavy atom. The minimum absolute atomic E-state index is 0.130. The predicted molar refractivity (Wildman–Crippen MR) is 147 cm³/mol. The van der Waals surface area contributed by atoms with E-state index in [4.69, 9.17) is 19.3 Å². The number of hydrogen-bond acceptors (Lipinski definition) is 8. The highest BCUT2D eigenvalue weighted by Crippen LogP contribution is 2.57. The first-order valence-electron chi connectivity index (χ1n) is 15.1. The number of allylic oxidation sites excluding steroid dienone is 1. The molecule has 10 heteroatoms. The van der Waals surface area contributed by atoms with Crippen molar-refractivity contribution >= 4 is 17.8 Å². The zero-order valence-corrected chi connectivity index (χ0v) is 23.8. The van der Waals surface area contributed by atoms with Gasteiger partial charge in [-0.15, -0.1) is 0 Å². The summed E-state index contributed by atoms with van der Waals surface area (Å²) >= 11 is 0. The lowest BCUT2D eigenvalue weighted by molar-refractivity contribution is -0.160. The van der Waals surface area contributed by atoms with Crippen molar-refractivity contribution in [3.8, 4) is 0 Å². The van der Waals surface area contributed by atoms with Crippen LogP contribution in [0.3, 0.4) is 0 Å². The molecule has 222 valence electrons. The van der Waals surface area contributed by atoms with E-state index in [1.54, 1.807) is 4.90 Å². The zero-order valence-electron chi connectivity index (χ0n) is 23.8. The van der Waals surface area contributed by atoms with Crippen LogP contribution < -0.4 is 0 Å². The van der Waals surface area contributed by atoms with Crippen molar-refractivity contribution in [3.05, 3.63) is 24.3 Å². The first-order valence-corrected chi connectivity index (χ1v) is 15.1. The Hall–Kier alpha value is -2.27. The van der Waals surface area contributed by atoms with Crippen molar-refractivity contribution in [2.75, 3.05) is 65.7 Å². The molecular weight excluding hydrogens is 514 g/mol. The van der Waals surface area contributed by atoms with Crippen molar-refractivity contribution in [2.45, 2.75) is 69.1 Å². The zero-order chi connectivity index (χ0) is 28.2. The second-order valence-electron chi connectivity index (χ2n) is 11.9. The van der Waals surface area contributed by atoms with Crippen LogP contribution in [0.4, 0.5) is 0 Å². The Kier molecular flexibility index (Phi) is 9.29. The topological polar surface area (TPSA) is 109 Å². The molecule has 2 amide bonds. The van der Waals surface area contributed by atoms with Crippen LogP contribution in [0.2, 0.25) is 0 Å². The maximum absolute atomic E-state index is 14.4. The van der Waals surface area contributed by atoms with E-state index in [-0.39, 0.29) is 18.4 Å². The van der Waals surface area contributed by atoms with Crippen LogP contribution in [0.5, 0.6) is 0 Å². The van der Waals surface area contributed by atoms with Gasteiger partial charge in [0.25, 0.3) is 0 Å². The van der Waals surface area contributed by atoms with Gasteiger partial charge in [-0.1, -0.05) is 37.1 Å². The summed E-state index contributed by atoms with van der Waals surface area (Å²) in [7, 11) is 0. The van der Waals surface area contributed by atoms with E-state index in [0.29, 0.717) is 52.3 Å². The third-order valence-corrected chi connectivity index (χ3v) is 9.18. The molecular formula is C30H45N3O7. The molecule has 5 aliphatic rings. The van der Waals surface area contributed by atoms with E-state index in [1.807, 2.05) is 36.1 Å². The van der Waals surface area contributed by atoms with E-state index < -0.39 is 35.0 Å². The quantitative estimate of drug-likeness (QED) is 0.257. The molecule has 0 bridgehead atoms. The number of unbranched alkanes of at least 4 members (excludes halogenated alkanes) is 3. The fourth-order valence-electron chi connectivity index (χ4n) is 7.12. The van der Waals surface area contributed by atoms with Crippen LogP contribution in [0.1, 0.15) is 51.9 Å². The van der Waals surface area contributed by atoms with Crippen molar-refractivity contribution in [1.29, 1.82) is 0 Å². The second-order valence-corrected chi connectivity index (χ2v) is 11.9. The number of ether oxygens (including phenoxy) is 3. The fourth-order valence-corrected chi connectivity index (χ4v) is 7.12. The van der Waals surface area contributed by atoms with Crippen molar-refractivity contribution in [1.82, 2.24) is 14.7 Å². The first-order chi connectivity index (χ1) is 19.4. The highest BCUT2D eigenvalue weighted by Gasteiger charge is 2.74. The molecule has 0 aromatic carbocycles. The number of amides is 2. The minimum atomic E-state index is -1.25. The van der Waals surface area contributed by atoms with E-state index in [9.17, 15) is 14.4 Å². The molecule has 5 rings (SSSR count). The van der Waals surface area contributed by atoms with Gasteiger partial charge in [0.05, 0.1) is 31.3 Å². The van der Waals surface area contributed by atoms with Crippen LogP contribution in [-0.2, 0) is 28.6 Å². The van der Waals surface area contributed by atoms with Crippen molar-refractivity contribution in [2.24, 2.45) is 11.8 Å². The summed E-state index contributed by atoms with van der Waals surface area (Å²) in [6.45, 7) is 7.48. The number of aliphatic hydroxyl groups is 1. The van der Waals surface area contributed by atoms with E-state index >= 15 is 0 Å². The number of likely N-dealkylation sites (tertiary alicyclic amines) is 1. The number of esters is 1. The van der Waals surface area contributed by atoms with Gasteiger partial charge in [-0.05, 0) is 39.0 Å². The molecule has 0 radical (unpaired) electrons. The molecule has 3 saturated heterocycles. The smallest absolute Gasteiger partial charge is 0.313 e. The predicted octanol–water partition coefficient (Wildman–Crippen LogP) is 1.52. The van der Waals surface area contributed by atoms with Crippen molar-refractivity contribution < 1.29 is 33.7 Å². The van der Waals surface area contributed by atoms with Crippen LogP contribution in [0.15, 0.2) is 24.3 Å². The van der Waals surface area contributed by atoms with Gasteiger partial charge in [-0.25, -0.2) is 0 Å². The van der Waals surface area contributed by atoms with Gasteiger partial charge in [0.1, 0.15) is 17.6 Å². The van der Waals surface area contributed by atoms with E-state index in [1.165, 1.54) is 0 Å². The monoisotopic (exact) mass is 559 g/mol. The molecule has 0 saturated carbocycles. The SMILES string of the molecule is C[C@]12/C=C\CCCCOC(=O)[C@H]1[C@H]1C(=O)N(CCCCCCO)C3C(=O)N(CCN4CCOCC4)CC=C[C@@]31O2. The Morgan fingerprint density at radius 3 is 2.50 bits per heavy atom. The Bertz CT molecular complexity index is 996. The summed E-state index contributed by atoms with van der Waals surface area (Å²) in [5.74, 6) is -2.45. The standard InChI is InChI=1S/C30H45N3O7/c1-29-11-6-2-5-9-20-39-28(37)24(29)23-26(35)33(14-7-3-4-8-19-34)25-27(36)32(13-10-12-30(23,25)40-29)16-15-31-17-21-38-22-18-31/h6,10-12,23-25,34H,2-5,7-9,13-22H2,1H3/b11-6-/t23-,24+,25?,29-,30-/m0/s1. The van der Waals surface area contributed by atoms with Gasteiger partial charge in [0.2, 0.25) is 11.8 Å². The number of fused-ring (bicyclic) bond motifs is 2. The molecule has 1 spiro atoms. The number of carbonyl (C=O) groups excluding carboxylic acids is 3. The molecule has 5 heterocycles. The number of cyclic esters (lactones) is 1. The summed E-state index contributed by atoms with van der Waals surface area (Å²) in [4.78, 5) is 48.0. The maximum atomic E-state index is 14.4. The van der Waals surface area contributed by atoms with Gasteiger partial charge in [0.15, 0.2) is 0 Å². The Morgan fingerprint density at radius 1 is 0.900 bits per heavy atom. The summed E-state index contributed by atoms with van der Waals surface area (Å²) in [6.07, 6.45) is 13.4. The number of hydrogen-bond donors (Lipinski definition) is 1. The minimum Gasteiger partial charge on any atom is -0.465 e. The van der Waals surface area contributed by atoms with Crippen LogP contribution >= 0.6 is 0 Å². The summed E-state index contributed by atoms with van der Waals surface area (Å²) in [5, 5.41) is 9.16. The largest absolute Gasteiger partial charge is 0.465 e. The number of rotatable bonds is 9. The van der Waals surface area contributed by atoms with Crippen LogP contribution in [-0.4, -0.2) is 121 Å². The lowest BCUT2D eigenvalue weighted by Crippen LogP contribution is -2.56. The molecule has 40 heavy (non-hydrogen) atoms. The number of aliphatic hydroxyl groups excluding tert-OH is 1. The normalized spacial score (nSPS) is 35.6. The number of nitrogens with zero attached hydrogens (tertiary/aromatic N) is 3. The summed E-state index contributed by atoms with van der Waals surface area (Å²) in [6, 6.07) is -0.845. The van der Waals surface area contributed by atoms with Crippen molar-refractivity contribution in [3.63, 3.8) is 0 Å². The Labute approximate surface area is 237 Å². The first kappa shape index (κ1) is 29.2. The van der Waals surface area contributed by atoms with E-state index in [2.05, 4.69) is 4.90 Å². The Balaban J connectivity index is 1.46. The molecule has 1 unspecified atom stereocenters. The van der Waals surface area contributed by atoms with Crippen LogP contribution in [0.25, 0.3) is 0 Å². The molecule has 1 N–H and O–H groups in total. The van der Waals surface area contributed by atoms with Gasteiger partial charge >= 0.3 is 5.97 Å². The second kappa shape index (κ2) is 12.7. The molecule has 5 atom stereocenters. The third kappa shape index (κ3) is 5.60. The highest BCUT2D eigenvalue weighted by atomic mass is 16.6. The molecule has 0 aromatic heterocycles. The third-order valence-electron chi connectivity index (χ3n) is 9.18. The molecule has 10 nitrogen and oxygen atoms in total. The van der Waals surface area contributed by atoms with Crippen LogP contribution in [0, 0.1) is 11.8 Å². The van der Waals surface area contributed by atoms with Gasteiger partial charge < -0.3 is 29.1 Å². The van der Waals surface area contributed by atoms with E-state index in [0.717, 1.165) is 51.7 Å². The lowest BCUT2D eigenvalue weighted by atomic mass is 9.74. The molecule has 5 aliphatic heterocycles. The molecule has 0 aromatic rings. The maximum Gasteiger partial charge on any atom is 0.313 e. The average Bonchev–Trinajstić information content (AvgIpc) is 3.27. The number of carbonyl (C=O) groups is 3. The fraction of sp³-hybridized carbons (Fsp3) is 0.767. The van der Waals surface area contributed by atoms with Gasteiger partial charge in [-0.3, -0.25) is 19.3 Å². The molecule has 3 fully saturated rings. The molecule has 0 aliphatic carbocycles. The summed E-state index contributed by atoms with van der Waals surface area (Å²) in [5.41, 5.74) is -2.31. The number of morpholine rings is 1. The highest BCUT2D eigenvalue weighted by molar-refractivity contribution is 5.99. The average molecular weight is 560 g/mol. The lowest BCUT2D eigenvalue weighted by Gasteiger charge is -2.38. The van der Waals surface area contributed by atoms with Gasteiger partial charge in [-0.2, -0.15) is 0 Å². The summed E-state index contributed by atoms with van der Waals surface area (Å²) < 4.78 is 18.0.